The normalized spacial score (nSPS) is 15.2. The second-order valence-electron chi connectivity index (χ2n) is 6.18. The van der Waals surface area contributed by atoms with Crippen molar-refractivity contribution in [3.8, 4) is 16.9 Å². The molecule has 1 aliphatic rings. The standard InChI is InChI=1S/C18H16BrCl2N3O/c1-25-11-6-7-13(19)12(8-11)14-15-16(20)22-9-23-18(15)24(17(14)21)10-4-2-3-5-10/h6-10H,2-5H2,1H3. The summed E-state index contributed by atoms with van der Waals surface area (Å²) in [5, 5.41) is 1.85. The topological polar surface area (TPSA) is 39.9 Å². The van der Waals surface area contributed by atoms with Crippen LogP contribution in [0, 0.1) is 0 Å². The lowest BCUT2D eigenvalue weighted by Gasteiger charge is -2.14. The van der Waals surface area contributed by atoms with E-state index < -0.39 is 0 Å². The van der Waals surface area contributed by atoms with E-state index in [0.29, 0.717) is 16.3 Å². The number of aromatic nitrogens is 3. The Bertz CT molecular complexity index is 951. The number of ether oxygens (including phenoxy) is 1. The van der Waals surface area contributed by atoms with Crippen molar-refractivity contribution in [3.05, 3.63) is 39.3 Å². The van der Waals surface area contributed by atoms with Crippen LogP contribution in [0.5, 0.6) is 5.75 Å². The maximum atomic E-state index is 6.88. The molecule has 2 heterocycles. The molecule has 130 valence electrons. The SMILES string of the molecule is COc1ccc(Br)c(-c2c(Cl)n(C3CCCC3)c3ncnc(Cl)c23)c1. The van der Waals surface area contributed by atoms with Gasteiger partial charge in [-0.3, -0.25) is 0 Å². The van der Waals surface area contributed by atoms with Crippen molar-refractivity contribution < 1.29 is 4.74 Å². The average molecular weight is 441 g/mol. The van der Waals surface area contributed by atoms with E-state index >= 15 is 0 Å². The summed E-state index contributed by atoms with van der Waals surface area (Å²) in [6, 6.07) is 6.14. The maximum Gasteiger partial charge on any atom is 0.146 e. The third kappa shape index (κ3) is 2.82. The largest absolute Gasteiger partial charge is 0.497 e. The molecule has 0 aliphatic heterocycles. The van der Waals surface area contributed by atoms with Gasteiger partial charge in [-0.05, 0) is 31.0 Å². The Kier molecular flexibility index (Phi) is 4.65. The van der Waals surface area contributed by atoms with Gasteiger partial charge in [0.05, 0.1) is 12.5 Å². The maximum absolute atomic E-state index is 6.88. The van der Waals surface area contributed by atoms with Crippen LogP contribution < -0.4 is 4.74 Å². The first kappa shape index (κ1) is 17.1. The van der Waals surface area contributed by atoms with Crippen molar-refractivity contribution in [2.24, 2.45) is 0 Å². The molecule has 0 bridgehead atoms. The molecule has 25 heavy (non-hydrogen) atoms. The molecule has 1 aromatic carbocycles. The van der Waals surface area contributed by atoms with Gasteiger partial charge in [-0.1, -0.05) is 52.0 Å². The van der Waals surface area contributed by atoms with Crippen molar-refractivity contribution in [2.75, 3.05) is 7.11 Å². The van der Waals surface area contributed by atoms with Gasteiger partial charge in [0.15, 0.2) is 0 Å². The molecule has 0 saturated heterocycles. The molecule has 0 N–H and O–H groups in total. The number of halogens is 3. The smallest absolute Gasteiger partial charge is 0.146 e. The van der Waals surface area contributed by atoms with Crippen LogP contribution in [0.1, 0.15) is 31.7 Å². The minimum Gasteiger partial charge on any atom is -0.497 e. The highest BCUT2D eigenvalue weighted by Gasteiger charge is 2.28. The summed E-state index contributed by atoms with van der Waals surface area (Å²) >= 11 is 17.0. The van der Waals surface area contributed by atoms with Crippen LogP contribution in [0.2, 0.25) is 10.3 Å². The Morgan fingerprint density at radius 2 is 1.96 bits per heavy atom. The fourth-order valence-corrected chi connectivity index (χ4v) is 4.72. The van der Waals surface area contributed by atoms with Crippen molar-refractivity contribution >= 4 is 50.2 Å². The molecular weight excluding hydrogens is 425 g/mol. The van der Waals surface area contributed by atoms with E-state index in [0.717, 1.165) is 45.2 Å². The minimum absolute atomic E-state index is 0.346. The van der Waals surface area contributed by atoms with Crippen molar-refractivity contribution in [3.63, 3.8) is 0 Å². The van der Waals surface area contributed by atoms with Crippen LogP contribution in [0.15, 0.2) is 29.0 Å². The van der Waals surface area contributed by atoms with Crippen LogP contribution >= 0.6 is 39.1 Å². The molecule has 0 amide bonds. The van der Waals surface area contributed by atoms with Gasteiger partial charge in [-0.15, -0.1) is 0 Å². The molecule has 2 aromatic heterocycles. The summed E-state index contributed by atoms with van der Waals surface area (Å²) in [5.74, 6) is 0.754. The molecular formula is C18H16BrCl2N3O. The van der Waals surface area contributed by atoms with E-state index in [2.05, 4.69) is 30.5 Å². The van der Waals surface area contributed by atoms with Gasteiger partial charge in [0, 0.05) is 21.6 Å². The van der Waals surface area contributed by atoms with Crippen LogP contribution in [0.4, 0.5) is 0 Å². The van der Waals surface area contributed by atoms with Gasteiger partial charge in [-0.2, -0.15) is 0 Å². The highest BCUT2D eigenvalue weighted by atomic mass is 79.9. The lowest BCUT2D eigenvalue weighted by atomic mass is 10.1. The number of methoxy groups -OCH3 is 1. The molecule has 4 nitrogen and oxygen atoms in total. The molecule has 0 spiro atoms. The summed E-state index contributed by atoms with van der Waals surface area (Å²) in [7, 11) is 1.65. The van der Waals surface area contributed by atoms with Crippen molar-refractivity contribution in [1.82, 2.24) is 14.5 Å². The Labute approximate surface area is 164 Å². The highest BCUT2D eigenvalue weighted by molar-refractivity contribution is 9.10. The van der Waals surface area contributed by atoms with Gasteiger partial charge in [0.1, 0.15) is 28.0 Å². The summed E-state index contributed by atoms with van der Waals surface area (Å²) in [4.78, 5) is 8.68. The molecule has 7 heteroatoms. The zero-order chi connectivity index (χ0) is 17.6. The highest BCUT2D eigenvalue weighted by Crippen LogP contribution is 2.46. The van der Waals surface area contributed by atoms with Gasteiger partial charge >= 0.3 is 0 Å². The Morgan fingerprint density at radius 3 is 2.68 bits per heavy atom. The van der Waals surface area contributed by atoms with Crippen LogP contribution in [0.3, 0.4) is 0 Å². The monoisotopic (exact) mass is 439 g/mol. The van der Waals surface area contributed by atoms with E-state index in [4.69, 9.17) is 27.9 Å². The summed E-state index contributed by atoms with van der Waals surface area (Å²) in [6.45, 7) is 0. The number of benzene rings is 1. The minimum atomic E-state index is 0.346. The van der Waals surface area contributed by atoms with Crippen LogP contribution in [-0.2, 0) is 0 Å². The van der Waals surface area contributed by atoms with E-state index in [1.807, 2.05) is 18.2 Å². The number of nitrogens with zero attached hydrogens (tertiary/aromatic N) is 3. The number of rotatable bonds is 3. The van der Waals surface area contributed by atoms with Gasteiger partial charge in [0.25, 0.3) is 0 Å². The molecule has 0 atom stereocenters. The number of hydrogen-bond acceptors (Lipinski definition) is 3. The fraction of sp³-hybridized carbons (Fsp3) is 0.333. The second kappa shape index (κ2) is 6.78. The lowest BCUT2D eigenvalue weighted by Crippen LogP contribution is -2.05. The second-order valence-corrected chi connectivity index (χ2v) is 7.75. The molecule has 0 radical (unpaired) electrons. The van der Waals surface area contributed by atoms with Gasteiger partial charge < -0.3 is 9.30 Å². The Balaban J connectivity index is 2.06. The molecule has 0 unspecified atom stereocenters. The predicted octanol–water partition coefficient (Wildman–Crippen LogP) is 6.29. The number of hydrogen-bond donors (Lipinski definition) is 0. The van der Waals surface area contributed by atoms with E-state index in [1.54, 1.807) is 7.11 Å². The van der Waals surface area contributed by atoms with Gasteiger partial charge in [-0.25, -0.2) is 9.97 Å². The zero-order valence-corrected chi connectivity index (χ0v) is 16.7. The third-order valence-electron chi connectivity index (χ3n) is 4.81. The first-order chi connectivity index (χ1) is 12.1. The Hall–Kier alpha value is -1.30. The van der Waals surface area contributed by atoms with Crippen molar-refractivity contribution in [2.45, 2.75) is 31.7 Å². The summed E-state index contributed by atoms with van der Waals surface area (Å²) in [5.41, 5.74) is 2.56. The van der Waals surface area contributed by atoms with Crippen LogP contribution in [0.25, 0.3) is 22.2 Å². The Morgan fingerprint density at radius 1 is 1.20 bits per heavy atom. The molecule has 4 rings (SSSR count). The van der Waals surface area contributed by atoms with Gasteiger partial charge in [0.2, 0.25) is 0 Å². The molecule has 1 saturated carbocycles. The average Bonchev–Trinajstić information content (AvgIpc) is 3.22. The fourth-order valence-electron chi connectivity index (χ4n) is 3.63. The summed E-state index contributed by atoms with van der Waals surface area (Å²) < 4.78 is 8.43. The van der Waals surface area contributed by atoms with E-state index in [-0.39, 0.29) is 0 Å². The van der Waals surface area contributed by atoms with E-state index in [9.17, 15) is 0 Å². The van der Waals surface area contributed by atoms with E-state index in [1.165, 1.54) is 19.2 Å². The molecule has 1 fully saturated rings. The summed E-state index contributed by atoms with van der Waals surface area (Å²) in [6.07, 6.45) is 6.11. The first-order valence-corrected chi connectivity index (χ1v) is 9.70. The lowest BCUT2D eigenvalue weighted by molar-refractivity contribution is 0.415. The zero-order valence-electron chi connectivity index (χ0n) is 13.6. The van der Waals surface area contributed by atoms with Crippen molar-refractivity contribution in [1.29, 1.82) is 0 Å². The predicted molar refractivity (Wildman–Crippen MR) is 105 cm³/mol. The quantitative estimate of drug-likeness (QED) is 0.449. The molecule has 3 aromatic rings. The third-order valence-corrected chi connectivity index (χ3v) is 6.16. The number of fused-ring (bicyclic) bond motifs is 1. The molecule has 1 aliphatic carbocycles. The first-order valence-electron chi connectivity index (χ1n) is 8.15. The van der Waals surface area contributed by atoms with Crippen LogP contribution in [-0.4, -0.2) is 21.6 Å².